The van der Waals surface area contributed by atoms with Gasteiger partial charge in [-0.25, -0.2) is 4.98 Å². The van der Waals surface area contributed by atoms with Crippen molar-refractivity contribution in [3.05, 3.63) is 48.0 Å². The Bertz CT molecular complexity index is 743. The maximum absolute atomic E-state index is 12.5. The van der Waals surface area contributed by atoms with E-state index in [0.717, 1.165) is 36.2 Å². The van der Waals surface area contributed by atoms with Crippen LogP contribution in [0.3, 0.4) is 0 Å². The van der Waals surface area contributed by atoms with E-state index in [9.17, 15) is 4.79 Å². The number of para-hydroxylation sites is 2. The summed E-state index contributed by atoms with van der Waals surface area (Å²) < 4.78 is 0. The van der Waals surface area contributed by atoms with E-state index < -0.39 is 0 Å². The number of benzene rings is 1. The van der Waals surface area contributed by atoms with E-state index in [1.807, 2.05) is 29.2 Å². The molecular formula is C15H15N5O. The van der Waals surface area contributed by atoms with Gasteiger partial charge in [-0.3, -0.25) is 9.89 Å². The number of hydrogen-bond donors (Lipinski definition) is 2. The van der Waals surface area contributed by atoms with Crippen molar-refractivity contribution in [2.75, 3.05) is 6.54 Å². The first-order valence-corrected chi connectivity index (χ1v) is 7.08. The molecule has 1 unspecified atom stereocenters. The van der Waals surface area contributed by atoms with Crippen LogP contribution in [0.15, 0.2) is 36.5 Å². The molecule has 3 heterocycles. The zero-order chi connectivity index (χ0) is 14.2. The highest BCUT2D eigenvalue weighted by atomic mass is 16.2. The Morgan fingerprint density at radius 2 is 2.19 bits per heavy atom. The van der Waals surface area contributed by atoms with Crippen molar-refractivity contribution in [3.8, 4) is 0 Å². The van der Waals surface area contributed by atoms with E-state index in [1.165, 1.54) is 0 Å². The minimum Gasteiger partial charge on any atom is -0.340 e. The van der Waals surface area contributed by atoms with Gasteiger partial charge in [0, 0.05) is 12.7 Å². The standard InChI is InChI=1S/C15H15N5O/c21-15(12-7-8-16-19-12)20-9-3-6-13(20)14-17-10-4-1-2-5-11(10)18-14/h1-2,4-5,7-8,13H,3,6,9H2,(H,16,19)(H,17,18). The number of carbonyl (C=O) groups is 1. The second-order valence-electron chi connectivity index (χ2n) is 5.27. The van der Waals surface area contributed by atoms with Crippen LogP contribution >= 0.6 is 0 Å². The Hall–Kier alpha value is -2.63. The molecule has 1 aliphatic heterocycles. The molecule has 0 bridgehead atoms. The number of aromatic nitrogens is 4. The van der Waals surface area contributed by atoms with E-state index in [0.29, 0.717) is 5.69 Å². The third-order valence-corrected chi connectivity index (χ3v) is 3.97. The number of hydrogen-bond acceptors (Lipinski definition) is 3. The van der Waals surface area contributed by atoms with Gasteiger partial charge in [-0.05, 0) is 31.0 Å². The highest BCUT2D eigenvalue weighted by Gasteiger charge is 2.33. The van der Waals surface area contributed by atoms with Crippen LogP contribution in [0.25, 0.3) is 11.0 Å². The zero-order valence-electron chi connectivity index (χ0n) is 11.4. The Kier molecular flexibility index (Phi) is 2.73. The Morgan fingerprint density at radius 1 is 1.29 bits per heavy atom. The summed E-state index contributed by atoms with van der Waals surface area (Å²) in [6.07, 6.45) is 3.51. The number of nitrogens with one attached hydrogen (secondary N) is 2. The van der Waals surface area contributed by atoms with Crippen LogP contribution < -0.4 is 0 Å². The van der Waals surface area contributed by atoms with Crippen molar-refractivity contribution in [3.63, 3.8) is 0 Å². The van der Waals surface area contributed by atoms with Gasteiger partial charge in [0.15, 0.2) is 0 Å². The highest BCUT2D eigenvalue weighted by molar-refractivity contribution is 5.92. The average Bonchev–Trinajstić information content (AvgIpc) is 3.24. The first-order valence-electron chi connectivity index (χ1n) is 7.08. The maximum Gasteiger partial charge on any atom is 0.272 e. The molecule has 4 rings (SSSR count). The monoisotopic (exact) mass is 281 g/mol. The SMILES string of the molecule is O=C(c1ccn[nH]1)N1CCCC1c1nc2ccccc2[nH]1. The van der Waals surface area contributed by atoms with Gasteiger partial charge in [-0.15, -0.1) is 0 Å². The molecule has 1 aromatic carbocycles. The molecule has 1 fully saturated rings. The summed E-state index contributed by atoms with van der Waals surface area (Å²) in [6, 6.07) is 9.64. The molecule has 1 saturated heterocycles. The summed E-state index contributed by atoms with van der Waals surface area (Å²) >= 11 is 0. The number of likely N-dealkylation sites (tertiary alicyclic amines) is 1. The third kappa shape index (κ3) is 1.99. The predicted octanol–water partition coefficient (Wildman–Crippen LogP) is 2.26. The molecule has 2 aromatic heterocycles. The van der Waals surface area contributed by atoms with Crippen LogP contribution in [-0.4, -0.2) is 37.5 Å². The molecule has 3 aromatic rings. The highest BCUT2D eigenvalue weighted by Crippen LogP contribution is 2.32. The van der Waals surface area contributed by atoms with E-state index >= 15 is 0 Å². The quantitative estimate of drug-likeness (QED) is 0.756. The van der Waals surface area contributed by atoms with E-state index in [2.05, 4.69) is 20.2 Å². The second kappa shape index (κ2) is 4.73. The smallest absolute Gasteiger partial charge is 0.272 e. The van der Waals surface area contributed by atoms with Gasteiger partial charge in [0.05, 0.1) is 17.1 Å². The minimum absolute atomic E-state index is 0.00759. The number of aromatic amines is 2. The van der Waals surface area contributed by atoms with Gasteiger partial charge in [0.25, 0.3) is 5.91 Å². The van der Waals surface area contributed by atoms with Crippen molar-refractivity contribution in [1.82, 2.24) is 25.1 Å². The topological polar surface area (TPSA) is 77.7 Å². The van der Waals surface area contributed by atoms with E-state index in [1.54, 1.807) is 12.3 Å². The van der Waals surface area contributed by atoms with Gasteiger partial charge in [-0.1, -0.05) is 12.1 Å². The molecule has 0 spiro atoms. The number of imidazole rings is 1. The molecule has 106 valence electrons. The summed E-state index contributed by atoms with van der Waals surface area (Å²) in [6.45, 7) is 0.750. The normalized spacial score (nSPS) is 18.5. The number of carbonyl (C=O) groups excluding carboxylic acids is 1. The van der Waals surface area contributed by atoms with Gasteiger partial charge in [0.2, 0.25) is 0 Å². The Balaban J connectivity index is 1.68. The lowest BCUT2D eigenvalue weighted by Crippen LogP contribution is -2.31. The van der Waals surface area contributed by atoms with Crippen LogP contribution in [0.4, 0.5) is 0 Å². The molecule has 1 atom stereocenters. The molecule has 0 radical (unpaired) electrons. The van der Waals surface area contributed by atoms with Crippen molar-refractivity contribution in [2.24, 2.45) is 0 Å². The molecule has 6 heteroatoms. The molecule has 21 heavy (non-hydrogen) atoms. The summed E-state index contributed by atoms with van der Waals surface area (Å²) in [7, 11) is 0. The summed E-state index contributed by atoms with van der Waals surface area (Å²) in [5, 5.41) is 6.59. The third-order valence-electron chi connectivity index (χ3n) is 3.97. The fourth-order valence-corrected chi connectivity index (χ4v) is 2.95. The number of nitrogens with zero attached hydrogens (tertiary/aromatic N) is 3. The van der Waals surface area contributed by atoms with Gasteiger partial charge < -0.3 is 9.88 Å². The van der Waals surface area contributed by atoms with Gasteiger partial charge >= 0.3 is 0 Å². The van der Waals surface area contributed by atoms with E-state index in [4.69, 9.17) is 0 Å². The predicted molar refractivity (Wildman–Crippen MR) is 77.7 cm³/mol. The summed E-state index contributed by atoms with van der Waals surface area (Å²) in [5.74, 6) is 0.844. The molecule has 2 N–H and O–H groups in total. The molecule has 0 aliphatic carbocycles. The van der Waals surface area contributed by atoms with Crippen molar-refractivity contribution in [2.45, 2.75) is 18.9 Å². The maximum atomic E-state index is 12.5. The summed E-state index contributed by atoms with van der Waals surface area (Å²) in [5.41, 5.74) is 2.47. The number of fused-ring (bicyclic) bond motifs is 1. The fourth-order valence-electron chi connectivity index (χ4n) is 2.95. The van der Waals surface area contributed by atoms with Crippen molar-refractivity contribution in [1.29, 1.82) is 0 Å². The first kappa shape index (κ1) is 12.1. The van der Waals surface area contributed by atoms with Crippen LogP contribution in [0.1, 0.15) is 35.2 Å². The lowest BCUT2D eigenvalue weighted by Gasteiger charge is -2.22. The van der Waals surface area contributed by atoms with Gasteiger partial charge in [-0.2, -0.15) is 5.10 Å². The number of rotatable bonds is 2. The first-order chi connectivity index (χ1) is 10.3. The largest absolute Gasteiger partial charge is 0.340 e. The lowest BCUT2D eigenvalue weighted by molar-refractivity contribution is 0.0724. The lowest BCUT2D eigenvalue weighted by atomic mass is 10.2. The molecule has 1 amide bonds. The van der Waals surface area contributed by atoms with Crippen LogP contribution in [0, 0.1) is 0 Å². The van der Waals surface area contributed by atoms with Crippen LogP contribution in [0.2, 0.25) is 0 Å². The van der Waals surface area contributed by atoms with Gasteiger partial charge in [0.1, 0.15) is 11.5 Å². The minimum atomic E-state index is -0.0181. The number of H-pyrrole nitrogens is 2. The fraction of sp³-hybridized carbons (Fsp3) is 0.267. The van der Waals surface area contributed by atoms with Crippen LogP contribution in [0.5, 0.6) is 0 Å². The molecule has 0 saturated carbocycles. The van der Waals surface area contributed by atoms with Crippen LogP contribution in [-0.2, 0) is 0 Å². The van der Waals surface area contributed by atoms with Crippen molar-refractivity contribution < 1.29 is 4.79 Å². The Labute approximate surface area is 121 Å². The molecule has 6 nitrogen and oxygen atoms in total. The number of amides is 1. The Morgan fingerprint density at radius 3 is 3.00 bits per heavy atom. The summed E-state index contributed by atoms with van der Waals surface area (Å²) in [4.78, 5) is 22.4. The average molecular weight is 281 g/mol. The van der Waals surface area contributed by atoms with E-state index in [-0.39, 0.29) is 11.9 Å². The second-order valence-corrected chi connectivity index (χ2v) is 5.27. The van der Waals surface area contributed by atoms with Crippen molar-refractivity contribution >= 4 is 16.9 Å². The molecule has 1 aliphatic rings. The zero-order valence-corrected chi connectivity index (χ0v) is 11.4. The molecular weight excluding hydrogens is 266 g/mol.